The van der Waals surface area contributed by atoms with Gasteiger partial charge in [-0.15, -0.1) is 0 Å². The van der Waals surface area contributed by atoms with E-state index in [1.54, 1.807) is 19.9 Å². The van der Waals surface area contributed by atoms with Crippen LogP contribution >= 0.6 is 0 Å². The van der Waals surface area contributed by atoms with Gasteiger partial charge in [-0.25, -0.2) is 9.59 Å². The number of rotatable bonds is 17. The van der Waals surface area contributed by atoms with E-state index in [9.17, 15) is 19.2 Å². The molecule has 0 fully saturated rings. The first-order valence-corrected chi connectivity index (χ1v) is 14.7. The van der Waals surface area contributed by atoms with Gasteiger partial charge in [-0.2, -0.15) is 0 Å². The van der Waals surface area contributed by atoms with Gasteiger partial charge in [-0.3, -0.25) is 9.59 Å². The number of hydrogen-bond donors (Lipinski definition) is 1. The molecule has 0 bridgehead atoms. The largest absolute Gasteiger partial charge is 0.513 e. The monoisotopic (exact) mass is 595 g/mol. The van der Waals surface area contributed by atoms with Crippen LogP contribution in [0.15, 0.2) is 18.2 Å². The fourth-order valence-corrected chi connectivity index (χ4v) is 3.21. The van der Waals surface area contributed by atoms with E-state index < -0.39 is 36.5 Å². The van der Waals surface area contributed by atoms with Gasteiger partial charge in [0.2, 0.25) is 0 Å². The van der Waals surface area contributed by atoms with Gasteiger partial charge in [0.05, 0.1) is 13.2 Å². The molecule has 2 N–H and O–H groups in total. The average molecular weight is 596 g/mol. The van der Waals surface area contributed by atoms with Gasteiger partial charge < -0.3 is 34.2 Å². The second-order valence-corrected chi connectivity index (χ2v) is 11.2. The molecule has 0 saturated carbocycles. The first kappa shape index (κ1) is 36.7. The van der Waals surface area contributed by atoms with Gasteiger partial charge in [0.1, 0.15) is 18.2 Å². The number of benzene rings is 1. The van der Waals surface area contributed by atoms with E-state index >= 15 is 0 Å². The van der Waals surface area contributed by atoms with Gasteiger partial charge in [0.25, 0.3) is 0 Å². The lowest BCUT2D eigenvalue weighted by molar-refractivity contribution is -0.166. The van der Waals surface area contributed by atoms with Gasteiger partial charge in [0.15, 0.2) is 11.5 Å². The zero-order chi connectivity index (χ0) is 31.8. The van der Waals surface area contributed by atoms with Crippen molar-refractivity contribution < 1.29 is 47.6 Å². The maximum absolute atomic E-state index is 12.7. The van der Waals surface area contributed by atoms with Crippen LogP contribution in [-0.2, 0) is 35.0 Å². The van der Waals surface area contributed by atoms with E-state index in [4.69, 9.17) is 34.2 Å². The summed E-state index contributed by atoms with van der Waals surface area (Å²) in [4.78, 5) is 49.3. The average Bonchev–Trinajstić information content (AvgIpc) is 2.94. The third-order valence-corrected chi connectivity index (χ3v) is 6.72. The van der Waals surface area contributed by atoms with Crippen molar-refractivity contribution in [3.05, 3.63) is 23.8 Å². The van der Waals surface area contributed by atoms with Crippen molar-refractivity contribution in [2.75, 3.05) is 13.2 Å². The van der Waals surface area contributed by atoms with Crippen LogP contribution in [-0.4, -0.2) is 55.7 Å². The Balaban J connectivity index is 2.91. The molecular weight excluding hydrogens is 546 g/mol. The molecule has 11 nitrogen and oxygen atoms in total. The highest BCUT2D eigenvalue weighted by molar-refractivity contribution is 5.76. The Bertz CT molecular complexity index is 1010. The van der Waals surface area contributed by atoms with Crippen LogP contribution in [0.5, 0.6) is 11.5 Å². The number of esters is 2. The second-order valence-electron chi connectivity index (χ2n) is 11.2. The van der Waals surface area contributed by atoms with Crippen LogP contribution in [0, 0.1) is 17.8 Å². The predicted molar refractivity (Wildman–Crippen MR) is 156 cm³/mol. The minimum absolute atomic E-state index is 0.0190. The third kappa shape index (κ3) is 14.5. The minimum atomic E-state index is -1.08. The van der Waals surface area contributed by atoms with Gasteiger partial charge in [-0.05, 0) is 62.1 Å². The highest BCUT2D eigenvalue weighted by atomic mass is 16.7. The minimum Gasteiger partial charge on any atom is -0.459 e. The summed E-state index contributed by atoms with van der Waals surface area (Å²) in [5, 5.41) is 0. The Kier molecular flexibility index (Phi) is 16.6. The van der Waals surface area contributed by atoms with E-state index in [0.29, 0.717) is 17.9 Å². The molecule has 11 heteroatoms. The third-order valence-electron chi connectivity index (χ3n) is 6.72. The molecule has 1 aromatic carbocycles. The Morgan fingerprint density at radius 1 is 0.762 bits per heavy atom. The van der Waals surface area contributed by atoms with Crippen LogP contribution in [0.1, 0.15) is 86.6 Å². The Labute approximate surface area is 249 Å². The number of carbonyl (C=O) groups is 4. The SMILES string of the molecule is CCC(C)COC(=O)Oc1ccc(C[C@H](N)C(=O)O[C@@H](C)[C@H](C)OC(=O)CCC(C)C)cc1OC(=O)OCC(C)CC. The zero-order valence-electron chi connectivity index (χ0n) is 26.3. The number of carbonyl (C=O) groups excluding carboxylic acids is 4. The second kappa shape index (κ2) is 19.0. The van der Waals surface area contributed by atoms with Crippen LogP contribution in [0.3, 0.4) is 0 Å². The molecule has 0 radical (unpaired) electrons. The maximum atomic E-state index is 12.7. The molecule has 2 unspecified atom stereocenters. The molecule has 0 amide bonds. The first-order chi connectivity index (χ1) is 19.7. The summed E-state index contributed by atoms with van der Waals surface area (Å²) in [6.07, 6.45) is -0.656. The molecular formula is C31H49NO10. The van der Waals surface area contributed by atoms with Crippen molar-refractivity contribution >= 4 is 24.2 Å². The maximum Gasteiger partial charge on any atom is 0.513 e. The number of nitrogens with two attached hydrogens (primary N) is 1. The lowest BCUT2D eigenvalue weighted by Crippen LogP contribution is -2.39. The van der Waals surface area contributed by atoms with E-state index in [1.807, 2.05) is 41.5 Å². The van der Waals surface area contributed by atoms with Crippen molar-refractivity contribution in [3.8, 4) is 11.5 Å². The predicted octanol–water partition coefficient (Wildman–Crippen LogP) is 5.98. The molecule has 0 aromatic heterocycles. The molecule has 42 heavy (non-hydrogen) atoms. The summed E-state index contributed by atoms with van der Waals surface area (Å²) in [6, 6.07) is 3.34. The molecule has 0 heterocycles. The van der Waals surface area contributed by atoms with Crippen molar-refractivity contribution in [1.82, 2.24) is 0 Å². The summed E-state index contributed by atoms with van der Waals surface area (Å²) < 4.78 is 31.7. The summed E-state index contributed by atoms with van der Waals surface area (Å²) in [7, 11) is 0. The van der Waals surface area contributed by atoms with E-state index in [-0.39, 0.29) is 55.4 Å². The van der Waals surface area contributed by atoms with E-state index in [2.05, 4.69) is 0 Å². The van der Waals surface area contributed by atoms with E-state index in [1.165, 1.54) is 12.1 Å². The van der Waals surface area contributed by atoms with Gasteiger partial charge in [0, 0.05) is 6.42 Å². The van der Waals surface area contributed by atoms with Crippen LogP contribution in [0.2, 0.25) is 0 Å². The Hall–Kier alpha value is -3.34. The van der Waals surface area contributed by atoms with Crippen LogP contribution in [0.4, 0.5) is 9.59 Å². The molecule has 1 rings (SSSR count). The van der Waals surface area contributed by atoms with E-state index in [0.717, 1.165) is 12.8 Å². The van der Waals surface area contributed by atoms with Crippen molar-refractivity contribution in [2.24, 2.45) is 23.5 Å². The molecule has 238 valence electrons. The number of hydrogen-bond acceptors (Lipinski definition) is 11. The van der Waals surface area contributed by atoms with Gasteiger partial charge in [-0.1, -0.05) is 60.5 Å². The molecule has 0 aliphatic rings. The summed E-state index contributed by atoms with van der Waals surface area (Å²) in [6.45, 7) is 15.4. The highest BCUT2D eigenvalue weighted by Gasteiger charge is 2.25. The van der Waals surface area contributed by atoms with Crippen LogP contribution < -0.4 is 15.2 Å². The first-order valence-electron chi connectivity index (χ1n) is 14.7. The summed E-state index contributed by atoms with van der Waals surface area (Å²) in [5.74, 6) is -0.569. The lowest BCUT2D eigenvalue weighted by atomic mass is 10.1. The van der Waals surface area contributed by atoms with Crippen LogP contribution in [0.25, 0.3) is 0 Å². The lowest BCUT2D eigenvalue weighted by Gasteiger charge is -2.22. The highest BCUT2D eigenvalue weighted by Crippen LogP contribution is 2.30. The van der Waals surface area contributed by atoms with Crippen molar-refractivity contribution in [3.63, 3.8) is 0 Å². The van der Waals surface area contributed by atoms with Crippen molar-refractivity contribution in [2.45, 2.75) is 106 Å². The Morgan fingerprint density at radius 2 is 1.29 bits per heavy atom. The molecule has 0 saturated heterocycles. The van der Waals surface area contributed by atoms with Crippen molar-refractivity contribution in [1.29, 1.82) is 0 Å². The molecule has 0 aliphatic carbocycles. The summed E-state index contributed by atoms with van der Waals surface area (Å²) in [5.41, 5.74) is 6.61. The molecule has 5 atom stereocenters. The standard InChI is InChI=1S/C31H49NO10/c1-9-20(5)17-37-30(35)41-26-13-12-24(16-27(26)42-31(36)38-18-21(6)10-2)15-25(32)29(34)40-23(8)22(7)39-28(33)14-11-19(3)4/h12-13,16,19-23,25H,9-11,14-15,17-18,32H2,1-8H3/t20?,21?,22-,23-,25-/m0/s1. The summed E-state index contributed by atoms with van der Waals surface area (Å²) >= 11 is 0. The molecule has 0 aliphatic heterocycles. The quantitative estimate of drug-likeness (QED) is 0.129. The number of ether oxygens (including phenoxy) is 6. The Morgan fingerprint density at radius 3 is 1.81 bits per heavy atom. The topological polar surface area (TPSA) is 150 Å². The van der Waals surface area contributed by atoms with Gasteiger partial charge >= 0.3 is 24.2 Å². The fourth-order valence-electron chi connectivity index (χ4n) is 3.21. The normalized spacial score (nSPS) is 14.6. The smallest absolute Gasteiger partial charge is 0.459 e. The zero-order valence-corrected chi connectivity index (χ0v) is 26.3. The molecule has 0 spiro atoms. The molecule has 1 aromatic rings. The fraction of sp³-hybridized carbons (Fsp3) is 0.677.